The molecular weight excluding hydrogens is 666 g/mol. The maximum atomic E-state index is 13.4. The van der Waals surface area contributed by atoms with Crippen molar-refractivity contribution in [2.24, 2.45) is 5.10 Å². The summed E-state index contributed by atoms with van der Waals surface area (Å²) in [6.45, 7) is 2.20. The first-order valence-corrected chi connectivity index (χ1v) is 14.5. The Hall–Kier alpha value is -4.41. The molecule has 0 aliphatic heterocycles. The summed E-state index contributed by atoms with van der Waals surface area (Å²) in [5, 5.41) is 5.00. The summed E-state index contributed by atoms with van der Waals surface area (Å²) in [4.78, 5) is 29.3. The maximum absolute atomic E-state index is 13.4. The van der Waals surface area contributed by atoms with E-state index in [2.05, 4.69) is 47.4 Å². The summed E-state index contributed by atoms with van der Waals surface area (Å²) in [6.07, 6.45) is 1.49. The fraction of sp³-hybridized carbons (Fsp3) is 0.0938. The van der Waals surface area contributed by atoms with Gasteiger partial charge in [-0.2, -0.15) is 5.10 Å². The number of hydrazone groups is 1. The van der Waals surface area contributed by atoms with Crippen molar-refractivity contribution in [2.75, 3.05) is 13.7 Å². The predicted molar refractivity (Wildman–Crippen MR) is 170 cm³/mol. The number of carbonyl (C=O) groups excluding carboxylic acids is 2. The van der Waals surface area contributed by atoms with E-state index in [-0.39, 0.29) is 5.75 Å². The molecule has 0 radical (unpaired) electrons. The van der Waals surface area contributed by atoms with Gasteiger partial charge in [0.1, 0.15) is 11.4 Å². The van der Waals surface area contributed by atoms with Crippen molar-refractivity contribution in [3.05, 3.63) is 111 Å². The Morgan fingerprint density at radius 2 is 1.67 bits per heavy atom. The molecular formula is C32H25Br2N3O5. The van der Waals surface area contributed by atoms with Crippen LogP contribution in [0.4, 0.5) is 0 Å². The van der Waals surface area contributed by atoms with E-state index < -0.39 is 11.9 Å². The first-order chi connectivity index (χ1) is 20.4. The minimum absolute atomic E-state index is 0.274. The predicted octanol–water partition coefficient (Wildman–Crippen LogP) is 7.75. The van der Waals surface area contributed by atoms with Crippen LogP contribution in [0.2, 0.25) is 0 Å². The van der Waals surface area contributed by atoms with Crippen molar-refractivity contribution < 1.29 is 23.8 Å². The quantitative estimate of drug-likeness (QED) is 0.0713. The normalized spacial score (nSPS) is 11.0. The second-order valence-corrected chi connectivity index (χ2v) is 10.7. The Balaban J connectivity index is 1.39. The van der Waals surface area contributed by atoms with E-state index in [9.17, 15) is 9.59 Å². The van der Waals surface area contributed by atoms with Crippen molar-refractivity contribution in [3.8, 4) is 28.4 Å². The number of hydrogen-bond acceptors (Lipinski definition) is 6. The summed E-state index contributed by atoms with van der Waals surface area (Å²) in [6, 6.07) is 25.2. The first kappa shape index (κ1) is 29.1. The molecule has 42 heavy (non-hydrogen) atoms. The largest absolute Gasteiger partial charge is 0.495 e. The van der Waals surface area contributed by atoms with E-state index in [0.717, 1.165) is 25.5 Å². The fourth-order valence-corrected chi connectivity index (χ4v) is 5.19. The van der Waals surface area contributed by atoms with Gasteiger partial charge in [0.25, 0.3) is 5.91 Å². The summed E-state index contributed by atoms with van der Waals surface area (Å²) in [5.41, 5.74) is 6.26. The highest BCUT2D eigenvalue weighted by molar-refractivity contribution is 9.11. The molecule has 0 atom stereocenters. The molecule has 0 aliphatic rings. The molecule has 0 fully saturated rings. The number of amides is 1. The molecule has 1 amide bonds. The summed E-state index contributed by atoms with van der Waals surface area (Å²) in [7, 11) is 1.58. The zero-order chi connectivity index (χ0) is 29.6. The molecule has 1 aromatic heterocycles. The standard InChI is InChI=1S/C32H25Br2N3O5/c1-3-41-26-17-19(9-15-24(26)42-32(39)21-10-12-22(33)13-11-21)18-35-37-31(38)30-27(20-7-5-4-6-8-20)28-23(34)14-16-25(40-2)29(28)36-30/h4-18,36H,3H2,1-2H3,(H,37,38). The third-order valence-corrected chi connectivity index (χ3v) is 7.50. The van der Waals surface area contributed by atoms with Crippen LogP contribution in [0.15, 0.2) is 99.0 Å². The number of aromatic nitrogens is 1. The van der Waals surface area contributed by atoms with E-state index in [4.69, 9.17) is 14.2 Å². The number of carbonyl (C=O) groups is 2. The first-order valence-electron chi connectivity index (χ1n) is 12.9. The number of rotatable bonds is 9. The highest BCUT2D eigenvalue weighted by Gasteiger charge is 2.23. The number of hydrogen-bond donors (Lipinski definition) is 2. The van der Waals surface area contributed by atoms with E-state index >= 15 is 0 Å². The van der Waals surface area contributed by atoms with Crippen molar-refractivity contribution >= 4 is 60.9 Å². The second-order valence-electron chi connectivity index (χ2n) is 8.98. The lowest BCUT2D eigenvalue weighted by atomic mass is 10.0. The average molecular weight is 691 g/mol. The van der Waals surface area contributed by atoms with Crippen molar-refractivity contribution in [2.45, 2.75) is 6.92 Å². The van der Waals surface area contributed by atoms with Crippen molar-refractivity contribution in [3.63, 3.8) is 0 Å². The zero-order valence-corrected chi connectivity index (χ0v) is 25.8. The third-order valence-electron chi connectivity index (χ3n) is 6.31. The van der Waals surface area contributed by atoms with Gasteiger partial charge in [-0.05, 0) is 72.6 Å². The van der Waals surface area contributed by atoms with Crippen LogP contribution in [0.3, 0.4) is 0 Å². The van der Waals surface area contributed by atoms with E-state index in [1.54, 1.807) is 49.6 Å². The van der Waals surface area contributed by atoms with E-state index in [1.807, 2.05) is 49.4 Å². The van der Waals surface area contributed by atoms with E-state index in [1.165, 1.54) is 6.21 Å². The Bertz CT molecular complexity index is 1780. The molecule has 4 aromatic carbocycles. The van der Waals surface area contributed by atoms with Crippen LogP contribution in [-0.4, -0.2) is 36.8 Å². The van der Waals surface area contributed by atoms with Crippen LogP contribution >= 0.6 is 31.9 Å². The van der Waals surface area contributed by atoms with Gasteiger partial charge in [-0.3, -0.25) is 4.79 Å². The van der Waals surface area contributed by atoms with Crippen LogP contribution in [0.25, 0.3) is 22.0 Å². The summed E-state index contributed by atoms with van der Waals surface area (Å²) in [5.74, 6) is 0.318. The molecule has 5 aromatic rings. The smallest absolute Gasteiger partial charge is 0.343 e. The van der Waals surface area contributed by atoms with Gasteiger partial charge in [0.2, 0.25) is 0 Å². The number of H-pyrrole nitrogens is 1. The molecule has 0 aliphatic carbocycles. The van der Waals surface area contributed by atoms with Crippen molar-refractivity contribution in [1.29, 1.82) is 0 Å². The number of esters is 1. The number of methoxy groups -OCH3 is 1. The number of aromatic amines is 1. The zero-order valence-electron chi connectivity index (χ0n) is 22.6. The molecule has 5 rings (SSSR count). The lowest BCUT2D eigenvalue weighted by Crippen LogP contribution is -2.19. The molecule has 0 saturated carbocycles. The van der Waals surface area contributed by atoms with Gasteiger partial charge in [-0.25, -0.2) is 10.2 Å². The third kappa shape index (κ3) is 6.24. The number of benzene rings is 4. The minimum atomic E-state index is -0.507. The van der Waals surface area contributed by atoms with Crippen LogP contribution in [0, 0.1) is 0 Å². The summed E-state index contributed by atoms with van der Waals surface area (Å²) < 4.78 is 18.5. The van der Waals surface area contributed by atoms with Gasteiger partial charge in [0, 0.05) is 19.9 Å². The molecule has 212 valence electrons. The molecule has 0 unspecified atom stereocenters. The lowest BCUT2D eigenvalue weighted by molar-refractivity contribution is 0.0728. The number of nitrogens with zero attached hydrogens (tertiary/aromatic N) is 1. The van der Waals surface area contributed by atoms with Crippen molar-refractivity contribution in [1.82, 2.24) is 10.4 Å². The topological polar surface area (TPSA) is 102 Å². The molecule has 2 N–H and O–H groups in total. The van der Waals surface area contributed by atoms with Gasteiger partial charge in [0.05, 0.1) is 31.0 Å². The van der Waals surface area contributed by atoms with Gasteiger partial charge in [-0.1, -0.05) is 62.2 Å². The molecule has 0 saturated heterocycles. The molecule has 0 spiro atoms. The molecule has 8 nitrogen and oxygen atoms in total. The Morgan fingerprint density at radius 3 is 2.38 bits per heavy atom. The van der Waals surface area contributed by atoms with Gasteiger partial charge in [-0.15, -0.1) is 0 Å². The number of ether oxygens (including phenoxy) is 3. The molecule has 1 heterocycles. The maximum Gasteiger partial charge on any atom is 0.343 e. The molecule has 0 bridgehead atoms. The van der Waals surface area contributed by atoms with Gasteiger partial charge in [0.15, 0.2) is 11.5 Å². The molecule has 10 heteroatoms. The van der Waals surface area contributed by atoms with Crippen LogP contribution in [-0.2, 0) is 0 Å². The number of halogens is 2. The highest BCUT2D eigenvalue weighted by Crippen LogP contribution is 2.40. The van der Waals surface area contributed by atoms with E-state index in [0.29, 0.717) is 40.4 Å². The Kier molecular flexibility index (Phi) is 9.04. The van der Waals surface area contributed by atoms with Crippen LogP contribution in [0.1, 0.15) is 33.3 Å². The highest BCUT2D eigenvalue weighted by atomic mass is 79.9. The van der Waals surface area contributed by atoms with Crippen LogP contribution < -0.4 is 19.6 Å². The SMILES string of the molecule is CCOc1cc(C=NNC(=O)c2[nH]c3c(OC)ccc(Br)c3c2-c2ccccc2)ccc1OC(=O)c1ccc(Br)cc1. The Morgan fingerprint density at radius 1 is 0.929 bits per heavy atom. The Labute approximate surface area is 258 Å². The second kappa shape index (κ2) is 13.1. The fourth-order valence-electron chi connectivity index (χ4n) is 4.40. The van der Waals surface area contributed by atoms with Gasteiger partial charge >= 0.3 is 5.97 Å². The minimum Gasteiger partial charge on any atom is -0.495 e. The van der Waals surface area contributed by atoms with Crippen LogP contribution in [0.5, 0.6) is 17.2 Å². The monoisotopic (exact) mass is 689 g/mol. The van der Waals surface area contributed by atoms with Gasteiger partial charge < -0.3 is 19.2 Å². The average Bonchev–Trinajstić information content (AvgIpc) is 3.41. The number of nitrogens with one attached hydrogen (secondary N) is 2. The summed E-state index contributed by atoms with van der Waals surface area (Å²) >= 11 is 6.98. The lowest BCUT2D eigenvalue weighted by Gasteiger charge is -2.11. The number of fused-ring (bicyclic) bond motifs is 1.